The van der Waals surface area contributed by atoms with Crippen molar-refractivity contribution in [2.75, 3.05) is 26.3 Å². The third-order valence-electron chi connectivity index (χ3n) is 9.55. The van der Waals surface area contributed by atoms with Crippen molar-refractivity contribution in [3.05, 3.63) is 48.5 Å². The van der Waals surface area contributed by atoms with Gasteiger partial charge in [-0.2, -0.15) is 0 Å². The van der Waals surface area contributed by atoms with E-state index in [0.717, 1.165) is 24.3 Å². The van der Waals surface area contributed by atoms with E-state index in [1.54, 1.807) is 29.2 Å². The minimum atomic E-state index is -0.745. The summed E-state index contributed by atoms with van der Waals surface area (Å²) in [5.74, 6) is 2.42. The lowest BCUT2D eigenvalue weighted by Gasteiger charge is -2.30. The van der Waals surface area contributed by atoms with E-state index in [1.165, 1.54) is 116 Å². The Bertz CT molecular complexity index is 1160. The third kappa shape index (κ3) is 19.7. The second-order valence-electron chi connectivity index (χ2n) is 14.0. The average molecular weight is 710 g/mol. The highest BCUT2D eigenvalue weighted by atomic mass is 16.7. The molecular formula is C43H67NO7. The molecule has 0 spiro atoms. The fourth-order valence-electron chi connectivity index (χ4n) is 6.34. The van der Waals surface area contributed by atoms with Crippen LogP contribution in [-0.4, -0.2) is 49.6 Å². The van der Waals surface area contributed by atoms with Gasteiger partial charge in [-0.1, -0.05) is 129 Å². The lowest BCUT2D eigenvalue weighted by molar-refractivity contribution is 0.0273. The highest BCUT2D eigenvalue weighted by Crippen LogP contribution is 2.23. The second kappa shape index (κ2) is 27.3. The molecule has 2 aromatic carbocycles. The van der Waals surface area contributed by atoms with Gasteiger partial charge in [0.2, 0.25) is 0 Å². The number of likely N-dealkylation sites (tertiary alicyclic amines) is 1. The molecule has 0 saturated carbocycles. The molecule has 286 valence electrons. The Morgan fingerprint density at radius 1 is 0.510 bits per heavy atom. The number of piperidine rings is 1. The van der Waals surface area contributed by atoms with Crippen LogP contribution in [0.4, 0.5) is 9.59 Å². The lowest BCUT2D eigenvalue weighted by atomic mass is 10.1. The van der Waals surface area contributed by atoms with E-state index in [-0.39, 0.29) is 6.10 Å². The topological polar surface area (TPSA) is 83.5 Å². The molecule has 0 radical (unpaired) electrons. The molecule has 0 aromatic heterocycles. The van der Waals surface area contributed by atoms with Crippen molar-refractivity contribution < 1.29 is 33.3 Å². The zero-order chi connectivity index (χ0) is 36.2. The number of carbonyl (C=O) groups excluding carboxylic acids is 2. The molecule has 0 bridgehead atoms. The van der Waals surface area contributed by atoms with E-state index in [1.807, 2.05) is 24.3 Å². The smallest absolute Gasteiger partial charge is 0.494 e. The van der Waals surface area contributed by atoms with Crippen molar-refractivity contribution in [3.8, 4) is 23.0 Å². The van der Waals surface area contributed by atoms with Gasteiger partial charge in [-0.05, 0) is 61.4 Å². The number of nitrogens with zero attached hydrogens (tertiary/aromatic N) is 1. The van der Waals surface area contributed by atoms with Crippen LogP contribution in [-0.2, 0) is 4.74 Å². The van der Waals surface area contributed by atoms with Crippen LogP contribution in [0.5, 0.6) is 23.0 Å². The molecule has 0 atom stereocenters. The van der Waals surface area contributed by atoms with Crippen LogP contribution >= 0.6 is 0 Å². The first-order chi connectivity index (χ1) is 25.1. The van der Waals surface area contributed by atoms with Crippen LogP contribution < -0.4 is 18.9 Å². The van der Waals surface area contributed by atoms with Crippen LogP contribution in [0.1, 0.15) is 155 Å². The van der Waals surface area contributed by atoms with Gasteiger partial charge in [-0.3, -0.25) is 0 Å². The molecule has 0 N–H and O–H groups in total. The normalized spacial score (nSPS) is 13.2. The first-order valence-electron chi connectivity index (χ1n) is 20.4. The van der Waals surface area contributed by atoms with Gasteiger partial charge in [0.15, 0.2) is 0 Å². The number of rotatable bonds is 27. The second-order valence-corrected chi connectivity index (χ2v) is 14.0. The molecule has 8 nitrogen and oxygen atoms in total. The predicted octanol–water partition coefficient (Wildman–Crippen LogP) is 12.5. The standard InChI is InChI=1S/C43H67NO7/c1-3-5-7-9-11-13-15-17-19-21-35-47-37-23-27-39(28-24-37)49-42(45)44-33-31-41(32-34-44)51-43(46)50-40-29-25-38(26-30-40)48-36-22-20-18-16-14-12-10-8-6-4-2/h23-30,41H,3-22,31-36H2,1-2H3. The fraction of sp³-hybridized carbons (Fsp3) is 0.674. The summed E-state index contributed by atoms with van der Waals surface area (Å²) in [6.45, 7) is 6.76. The lowest BCUT2D eigenvalue weighted by Crippen LogP contribution is -2.42. The van der Waals surface area contributed by atoms with Crippen molar-refractivity contribution in [1.29, 1.82) is 0 Å². The summed E-state index contributed by atoms with van der Waals surface area (Å²) in [5.41, 5.74) is 0. The van der Waals surface area contributed by atoms with Gasteiger partial charge in [0.05, 0.1) is 13.2 Å². The van der Waals surface area contributed by atoms with Gasteiger partial charge in [0.1, 0.15) is 29.1 Å². The molecule has 1 aliphatic rings. The Kier molecular flexibility index (Phi) is 22.4. The van der Waals surface area contributed by atoms with Gasteiger partial charge in [0, 0.05) is 25.9 Å². The van der Waals surface area contributed by atoms with Gasteiger partial charge < -0.3 is 28.6 Å². The summed E-state index contributed by atoms with van der Waals surface area (Å²) in [4.78, 5) is 26.8. The Balaban J connectivity index is 1.20. The SMILES string of the molecule is CCCCCCCCCCCCOc1ccc(OC(=O)OC2CCN(C(=O)Oc3ccc(OCCCCCCCCCCCC)cc3)CC2)cc1. The molecule has 1 saturated heterocycles. The number of hydrogen-bond acceptors (Lipinski definition) is 7. The minimum absolute atomic E-state index is 0.322. The monoisotopic (exact) mass is 709 g/mol. The van der Waals surface area contributed by atoms with Crippen molar-refractivity contribution >= 4 is 12.2 Å². The Hall–Kier alpha value is -3.42. The van der Waals surface area contributed by atoms with E-state index in [4.69, 9.17) is 23.7 Å². The van der Waals surface area contributed by atoms with E-state index in [9.17, 15) is 9.59 Å². The first kappa shape index (κ1) is 42.0. The number of benzene rings is 2. The fourth-order valence-corrected chi connectivity index (χ4v) is 6.34. The largest absolute Gasteiger partial charge is 0.514 e. The Morgan fingerprint density at radius 2 is 0.863 bits per heavy atom. The summed E-state index contributed by atoms with van der Waals surface area (Å²) >= 11 is 0. The molecule has 2 aromatic rings. The van der Waals surface area contributed by atoms with Gasteiger partial charge in [-0.25, -0.2) is 9.59 Å². The van der Waals surface area contributed by atoms with E-state index >= 15 is 0 Å². The van der Waals surface area contributed by atoms with Crippen molar-refractivity contribution in [2.45, 2.75) is 161 Å². The zero-order valence-electron chi connectivity index (χ0n) is 31.9. The Morgan fingerprint density at radius 3 is 1.27 bits per heavy atom. The van der Waals surface area contributed by atoms with Gasteiger partial charge in [0.25, 0.3) is 0 Å². The van der Waals surface area contributed by atoms with Gasteiger partial charge >= 0.3 is 12.2 Å². The highest BCUT2D eigenvalue weighted by molar-refractivity contribution is 5.71. The van der Waals surface area contributed by atoms with Gasteiger partial charge in [-0.15, -0.1) is 0 Å². The molecule has 1 heterocycles. The number of carbonyl (C=O) groups is 2. The van der Waals surface area contributed by atoms with Crippen LogP contribution in [0.2, 0.25) is 0 Å². The van der Waals surface area contributed by atoms with Crippen molar-refractivity contribution in [2.24, 2.45) is 0 Å². The highest BCUT2D eigenvalue weighted by Gasteiger charge is 2.27. The maximum atomic E-state index is 12.7. The third-order valence-corrected chi connectivity index (χ3v) is 9.55. The number of unbranched alkanes of at least 4 members (excludes halogenated alkanes) is 18. The first-order valence-corrected chi connectivity index (χ1v) is 20.4. The molecular weight excluding hydrogens is 642 g/mol. The minimum Gasteiger partial charge on any atom is -0.494 e. The summed E-state index contributed by atoms with van der Waals surface area (Å²) in [6.07, 6.45) is 25.4. The molecule has 3 rings (SSSR count). The molecule has 1 aliphatic heterocycles. The number of amides is 1. The summed E-state index contributed by atoms with van der Waals surface area (Å²) < 4.78 is 28.2. The average Bonchev–Trinajstić information content (AvgIpc) is 3.14. The van der Waals surface area contributed by atoms with E-state index in [0.29, 0.717) is 50.6 Å². The molecule has 8 heteroatoms. The van der Waals surface area contributed by atoms with Crippen LogP contribution in [0.3, 0.4) is 0 Å². The quantitative estimate of drug-likeness (QED) is 0.0518. The molecule has 1 amide bonds. The van der Waals surface area contributed by atoms with Crippen molar-refractivity contribution in [1.82, 2.24) is 4.90 Å². The van der Waals surface area contributed by atoms with E-state index in [2.05, 4.69) is 13.8 Å². The van der Waals surface area contributed by atoms with E-state index < -0.39 is 12.2 Å². The summed E-state index contributed by atoms with van der Waals surface area (Å²) in [6, 6.07) is 14.2. The zero-order valence-corrected chi connectivity index (χ0v) is 31.9. The number of ether oxygens (including phenoxy) is 5. The predicted molar refractivity (Wildman–Crippen MR) is 205 cm³/mol. The molecule has 0 aliphatic carbocycles. The number of hydrogen-bond donors (Lipinski definition) is 0. The molecule has 1 fully saturated rings. The molecule has 51 heavy (non-hydrogen) atoms. The van der Waals surface area contributed by atoms with Crippen LogP contribution in [0.15, 0.2) is 48.5 Å². The maximum absolute atomic E-state index is 12.7. The van der Waals surface area contributed by atoms with Crippen molar-refractivity contribution in [3.63, 3.8) is 0 Å². The summed E-state index contributed by atoms with van der Waals surface area (Å²) in [5, 5.41) is 0. The molecule has 0 unspecified atom stereocenters. The maximum Gasteiger partial charge on any atom is 0.514 e. The van der Waals surface area contributed by atoms with Crippen LogP contribution in [0, 0.1) is 0 Å². The van der Waals surface area contributed by atoms with Crippen LogP contribution in [0.25, 0.3) is 0 Å². The Labute approximate surface area is 308 Å². The summed E-state index contributed by atoms with van der Waals surface area (Å²) in [7, 11) is 0.